The monoisotopic (exact) mass is 373 g/mol. The zero-order chi connectivity index (χ0) is 18.0. The quantitative estimate of drug-likeness (QED) is 0.417. The van der Waals surface area contributed by atoms with Gasteiger partial charge in [0.2, 0.25) is 0 Å². The number of rotatable bonds is 12. The average Bonchev–Trinajstić information content (AvgIpc) is 3.15. The summed E-state index contributed by atoms with van der Waals surface area (Å²) in [6.45, 7) is 3.09. The van der Waals surface area contributed by atoms with Crippen molar-refractivity contribution in [2.75, 3.05) is 6.61 Å². The lowest BCUT2D eigenvalue weighted by Gasteiger charge is -2.18. The van der Waals surface area contributed by atoms with Crippen molar-refractivity contribution in [3.63, 3.8) is 0 Å². The largest absolute Gasteiger partial charge is 0.494 e. The number of nitrogens with zero attached hydrogens (tertiary/aromatic N) is 3. The highest BCUT2D eigenvalue weighted by atomic mass is 32.2. The molecule has 2 heterocycles. The second kappa shape index (κ2) is 10.6. The second-order valence-corrected chi connectivity index (χ2v) is 8.08. The average molecular weight is 374 g/mol. The number of benzene rings is 1. The van der Waals surface area contributed by atoms with Crippen molar-refractivity contribution >= 4 is 11.8 Å². The topological polar surface area (TPSA) is 39.9 Å². The molecule has 5 heteroatoms. The molecule has 1 aliphatic heterocycles. The van der Waals surface area contributed by atoms with Crippen molar-refractivity contribution < 1.29 is 4.74 Å². The van der Waals surface area contributed by atoms with Gasteiger partial charge < -0.3 is 4.74 Å². The van der Waals surface area contributed by atoms with Crippen molar-refractivity contribution in [2.24, 2.45) is 0 Å². The molecule has 0 radical (unpaired) electrons. The number of thioether (sulfide) groups is 1. The molecule has 0 atom stereocenters. The summed E-state index contributed by atoms with van der Waals surface area (Å²) < 4.78 is 8.03. The summed E-state index contributed by atoms with van der Waals surface area (Å²) >= 11 is 1.81. The Labute approximate surface area is 161 Å². The van der Waals surface area contributed by atoms with E-state index in [9.17, 15) is 0 Å². The Bertz CT molecular complexity index is 671. The van der Waals surface area contributed by atoms with E-state index in [1.54, 1.807) is 18.1 Å². The van der Waals surface area contributed by atoms with E-state index in [1.165, 1.54) is 62.7 Å². The first-order valence-corrected chi connectivity index (χ1v) is 11.2. The zero-order valence-corrected chi connectivity index (χ0v) is 16.8. The first-order valence-electron chi connectivity index (χ1n) is 10.2. The molecule has 2 aromatic rings. The van der Waals surface area contributed by atoms with Gasteiger partial charge in [0.25, 0.3) is 0 Å². The van der Waals surface area contributed by atoms with E-state index in [0.717, 1.165) is 36.0 Å². The van der Waals surface area contributed by atoms with Crippen LogP contribution in [0.2, 0.25) is 0 Å². The molecule has 0 bridgehead atoms. The van der Waals surface area contributed by atoms with E-state index in [2.05, 4.69) is 39.9 Å². The van der Waals surface area contributed by atoms with Gasteiger partial charge in [-0.25, -0.2) is 0 Å². The highest BCUT2D eigenvalue weighted by molar-refractivity contribution is 7.98. The van der Waals surface area contributed by atoms with Gasteiger partial charge in [-0.15, -0.1) is 22.0 Å². The predicted octanol–water partition coefficient (Wildman–Crippen LogP) is 6.17. The Balaban J connectivity index is 1.29. The molecule has 0 saturated carbocycles. The molecule has 0 saturated heterocycles. The molecule has 26 heavy (non-hydrogen) atoms. The van der Waals surface area contributed by atoms with Gasteiger partial charge in [0, 0.05) is 4.90 Å². The number of aromatic nitrogens is 3. The minimum Gasteiger partial charge on any atom is -0.494 e. The maximum atomic E-state index is 5.96. The van der Waals surface area contributed by atoms with Gasteiger partial charge in [0.15, 0.2) is 0 Å². The molecule has 0 unspecified atom stereocenters. The molecule has 1 aromatic heterocycles. The van der Waals surface area contributed by atoms with Gasteiger partial charge in [-0.2, -0.15) is 0 Å². The van der Waals surface area contributed by atoms with Crippen molar-refractivity contribution in [2.45, 2.75) is 81.8 Å². The fourth-order valence-corrected chi connectivity index (χ4v) is 4.37. The lowest BCUT2D eigenvalue weighted by molar-refractivity contribution is 0.303. The van der Waals surface area contributed by atoms with Crippen LogP contribution in [0.15, 0.2) is 29.4 Å². The third-order valence-corrected chi connectivity index (χ3v) is 5.97. The van der Waals surface area contributed by atoms with Crippen LogP contribution < -0.4 is 4.74 Å². The van der Waals surface area contributed by atoms with Crippen LogP contribution >= 0.6 is 11.8 Å². The molecule has 1 aliphatic rings. The maximum absolute atomic E-state index is 5.96. The van der Waals surface area contributed by atoms with Crippen LogP contribution in [-0.2, 0) is 5.75 Å². The number of hydrogen-bond acceptors (Lipinski definition) is 4. The highest BCUT2D eigenvalue weighted by Gasteiger charge is 2.17. The Hall–Kier alpha value is -1.49. The van der Waals surface area contributed by atoms with Crippen LogP contribution in [0.25, 0.3) is 5.69 Å². The van der Waals surface area contributed by atoms with Crippen molar-refractivity contribution in [1.29, 1.82) is 0 Å². The summed E-state index contributed by atoms with van der Waals surface area (Å²) in [6.07, 6.45) is 15.3. The van der Waals surface area contributed by atoms with Crippen molar-refractivity contribution in [3.8, 4) is 11.4 Å². The van der Waals surface area contributed by atoms with E-state index in [1.807, 2.05) is 0 Å². The standard InChI is InChI=1S/C21H31N3OS/c1-2-3-4-5-6-7-8-9-10-11-14-25-18-12-13-19-20(15-18)26-16-21-23-22-17-24(19)21/h12-13,15,17H,2-11,14,16H2,1H3. The molecule has 4 nitrogen and oxygen atoms in total. The van der Waals surface area contributed by atoms with Gasteiger partial charge in [0.05, 0.1) is 18.0 Å². The molecule has 0 spiro atoms. The van der Waals surface area contributed by atoms with Crippen LogP contribution in [0.3, 0.4) is 0 Å². The van der Waals surface area contributed by atoms with E-state index >= 15 is 0 Å². The third kappa shape index (κ3) is 5.50. The summed E-state index contributed by atoms with van der Waals surface area (Å²) in [5, 5.41) is 8.15. The Morgan fingerprint density at radius 3 is 2.50 bits per heavy atom. The zero-order valence-electron chi connectivity index (χ0n) is 16.0. The highest BCUT2D eigenvalue weighted by Crippen LogP contribution is 2.36. The van der Waals surface area contributed by atoms with Crippen LogP contribution in [0.1, 0.15) is 77.0 Å². The lowest BCUT2D eigenvalue weighted by Crippen LogP contribution is -2.06. The summed E-state index contributed by atoms with van der Waals surface area (Å²) in [5.41, 5.74) is 1.16. The van der Waals surface area contributed by atoms with E-state index in [-0.39, 0.29) is 0 Å². The number of fused-ring (bicyclic) bond motifs is 3. The Kier molecular flexibility index (Phi) is 7.87. The number of unbranched alkanes of at least 4 members (excludes halogenated alkanes) is 9. The van der Waals surface area contributed by atoms with Gasteiger partial charge in [-0.05, 0) is 24.6 Å². The molecule has 0 aliphatic carbocycles. The minimum absolute atomic E-state index is 0.817. The molecule has 0 amide bonds. The molecule has 3 rings (SSSR count). The van der Waals surface area contributed by atoms with Crippen molar-refractivity contribution in [1.82, 2.24) is 14.8 Å². The van der Waals surface area contributed by atoms with E-state index in [0.29, 0.717) is 0 Å². The molecule has 0 fully saturated rings. The second-order valence-electron chi connectivity index (χ2n) is 7.07. The summed E-state index contributed by atoms with van der Waals surface area (Å²) in [7, 11) is 0. The molecule has 142 valence electrons. The smallest absolute Gasteiger partial charge is 0.147 e. The van der Waals surface area contributed by atoms with E-state index in [4.69, 9.17) is 4.74 Å². The number of hydrogen-bond donors (Lipinski definition) is 0. The first-order chi connectivity index (χ1) is 12.9. The predicted molar refractivity (Wildman–Crippen MR) is 108 cm³/mol. The van der Waals surface area contributed by atoms with Gasteiger partial charge in [-0.1, -0.05) is 64.7 Å². The Morgan fingerprint density at radius 1 is 1.00 bits per heavy atom. The SMILES string of the molecule is CCCCCCCCCCCCOc1ccc2c(c1)SCc1nncn1-2. The lowest BCUT2D eigenvalue weighted by atomic mass is 10.1. The van der Waals surface area contributed by atoms with Crippen LogP contribution in [0.5, 0.6) is 5.75 Å². The van der Waals surface area contributed by atoms with Gasteiger partial charge >= 0.3 is 0 Å². The van der Waals surface area contributed by atoms with Crippen LogP contribution in [-0.4, -0.2) is 21.4 Å². The first kappa shape index (κ1) is 19.3. The number of ether oxygens (including phenoxy) is 1. The summed E-state index contributed by atoms with van der Waals surface area (Å²) in [4.78, 5) is 1.25. The fourth-order valence-electron chi connectivity index (χ4n) is 3.38. The van der Waals surface area contributed by atoms with E-state index < -0.39 is 0 Å². The molecule has 0 N–H and O–H groups in total. The summed E-state index contributed by atoms with van der Waals surface area (Å²) in [5.74, 6) is 2.86. The maximum Gasteiger partial charge on any atom is 0.147 e. The van der Waals surface area contributed by atoms with Gasteiger partial charge in [-0.3, -0.25) is 4.57 Å². The molecule has 1 aromatic carbocycles. The molecular formula is C21H31N3OS. The molecular weight excluding hydrogens is 342 g/mol. The Morgan fingerprint density at radius 2 is 1.73 bits per heavy atom. The van der Waals surface area contributed by atoms with Crippen molar-refractivity contribution in [3.05, 3.63) is 30.4 Å². The van der Waals surface area contributed by atoms with Gasteiger partial charge in [0.1, 0.15) is 17.9 Å². The van der Waals surface area contributed by atoms with Crippen LogP contribution in [0, 0.1) is 0 Å². The third-order valence-electron chi connectivity index (χ3n) is 4.93. The fraction of sp³-hybridized carbons (Fsp3) is 0.619. The minimum atomic E-state index is 0.817. The normalized spacial score (nSPS) is 12.7. The van der Waals surface area contributed by atoms with Crippen LogP contribution in [0.4, 0.5) is 0 Å². The summed E-state index contributed by atoms with van der Waals surface area (Å²) in [6, 6.07) is 6.33.